The maximum absolute atomic E-state index is 13.1. The highest BCUT2D eigenvalue weighted by Crippen LogP contribution is 2.46. The van der Waals surface area contributed by atoms with E-state index in [1.165, 1.54) is 12.1 Å². The largest absolute Gasteiger partial charge is 0.493 e. The second-order valence-corrected chi connectivity index (χ2v) is 4.17. The molecule has 2 rings (SSSR count). The fourth-order valence-electron chi connectivity index (χ4n) is 1.45. The van der Waals surface area contributed by atoms with Gasteiger partial charge in [0.2, 0.25) is 0 Å². The molecule has 4 heteroatoms. The minimum absolute atomic E-state index is 0.0712. The SMILES string of the molecule is CC1(F)CC1COc1ccc(N)c(F)c1. The van der Waals surface area contributed by atoms with Gasteiger partial charge in [-0.2, -0.15) is 0 Å². The first-order chi connectivity index (χ1) is 6.99. The normalized spacial score (nSPS) is 28.9. The fraction of sp³-hybridized carbons (Fsp3) is 0.455. The third kappa shape index (κ3) is 2.19. The summed E-state index contributed by atoms with van der Waals surface area (Å²) in [6.07, 6.45) is 0.518. The molecule has 0 heterocycles. The van der Waals surface area contributed by atoms with Crippen LogP contribution in [0.5, 0.6) is 5.75 Å². The summed E-state index contributed by atoms with van der Waals surface area (Å²) in [6, 6.07) is 4.23. The zero-order valence-electron chi connectivity index (χ0n) is 8.47. The van der Waals surface area contributed by atoms with E-state index in [-0.39, 0.29) is 18.2 Å². The summed E-state index contributed by atoms with van der Waals surface area (Å²) in [7, 11) is 0. The molecule has 0 radical (unpaired) electrons. The van der Waals surface area contributed by atoms with Crippen molar-refractivity contribution >= 4 is 5.69 Å². The van der Waals surface area contributed by atoms with E-state index in [9.17, 15) is 8.78 Å². The maximum atomic E-state index is 13.1. The van der Waals surface area contributed by atoms with Crippen LogP contribution in [0.2, 0.25) is 0 Å². The van der Waals surface area contributed by atoms with E-state index in [4.69, 9.17) is 10.5 Å². The highest BCUT2D eigenvalue weighted by molar-refractivity contribution is 5.43. The summed E-state index contributed by atoms with van der Waals surface area (Å²) in [4.78, 5) is 0. The molecule has 0 aliphatic heterocycles. The lowest BCUT2D eigenvalue weighted by molar-refractivity contribution is 0.237. The van der Waals surface area contributed by atoms with Crippen molar-refractivity contribution < 1.29 is 13.5 Å². The summed E-state index contributed by atoms with van der Waals surface area (Å²) in [5, 5.41) is 0. The average molecular weight is 213 g/mol. The van der Waals surface area contributed by atoms with Gasteiger partial charge in [-0.25, -0.2) is 8.78 Å². The Hall–Kier alpha value is -1.32. The highest BCUT2D eigenvalue weighted by atomic mass is 19.1. The van der Waals surface area contributed by atoms with Crippen LogP contribution in [0.1, 0.15) is 13.3 Å². The molecule has 0 saturated heterocycles. The van der Waals surface area contributed by atoms with Crippen LogP contribution in [0.4, 0.5) is 14.5 Å². The molecule has 2 N–H and O–H groups in total. The summed E-state index contributed by atoms with van der Waals surface area (Å²) in [5.41, 5.74) is 4.29. The Kier molecular flexibility index (Phi) is 2.29. The topological polar surface area (TPSA) is 35.2 Å². The molecule has 1 aliphatic carbocycles. The van der Waals surface area contributed by atoms with Crippen LogP contribution in [0.15, 0.2) is 18.2 Å². The number of hydrogen-bond donors (Lipinski definition) is 1. The van der Waals surface area contributed by atoms with Gasteiger partial charge >= 0.3 is 0 Å². The van der Waals surface area contributed by atoms with Crippen LogP contribution in [0, 0.1) is 11.7 Å². The van der Waals surface area contributed by atoms with Gasteiger partial charge in [0.15, 0.2) is 0 Å². The Bertz CT molecular complexity index is 379. The van der Waals surface area contributed by atoms with Crippen molar-refractivity contribution in [2.75, 3.05) is 12.3 Å². The summed E-state index contributed by atoms with van der Waals surface area (Å²) >= 11 is 0. The van der Waals surface area contributed by atoms with E-state index in [2.05, 4.69) is 0 Å². The Balaban J connectivity index is 1.92. The molecule has 1 saturated carbocycles. The lowest BCUT2D eigenvalue weighted by atomic mass is 10.3. The first-order valence-corrected chi connectivity index (χ1v) is 4.86. The molecule has 0 spiro atoms. The quantitative estimate of drug-likeness (QED) is 0.783. The Morgan fingerprint density at radius 2 is 2.27 bits per heavy atom. The van der Waals surface area contributed by atoms with Crippen LogP contribution in [-0.4, -0.2) is 12.3 Å². The predicted octanol–water partition coefficient (Wildman–Crippen LogP) is 2.53. The van der Waals surface area contributed by atoms with E-state index in [1.54, 1.807) is 13.0 Å². The molecule has 0 aromatic heterocycles. The van der Waals surface area contributed by atoms with Gasteiger partial charge in [-0.1, -0.05) is 0 Å². The van der Waals surface area contributed by atoms with Gasteiger partial charge in [0.05, 0.1) is 12.3 Å². The smallest absolute Gasteiger partial charge is 0.149 e. The number of alkyl halides is 1. The molecule has 2 unspecified atom stereocenters. The van der Waals surface area contributed by atoms with E-state index in [0.717, 1.165) is 0 Å². The Morgan fingerprint density at radius 3 is 2.80 bits per heavy atom. The summed E-state index contributed by atoms with van der Waals surface area (Å²) < 4.78 is 31.4. The molecule has 2 nitrogen and oxygen atoms in total. The molecule has 0 amide bonds. The Morgan fingerprint density at radius 1 is 1.60 bits per heavy atom. The zero-order valence-corrected chi connectivity index (χ0v) is 8.47. The van der Waals surface area contributed by atoms with E-state index >= 15 is 0 Å². The van der Waals surface area contributed by atoms with E-state index in [1.807, 2.05) is 0 Å². The van der Waals surface area contributed by atoms with Crippen LogP contribution in [0.3, 0.4) is 0 Å². The van der Waals surface area contributed by atoms with Crippen molar-refractivity contribution in [3.63, 3.8) is 0 Å². The standard InChI is InChI=1S/C11H13F2NO/c1-11(13)5-7(11)6-15-8-2-3-10(14)9(12)4-8/h2-4,7H,5-6,14H2,1H3. The van der Waals surface area contributed by atoms with Crippen molar-refractivity contribution in [3.05, 3.63) is 24.0 Å². The van der Waals surface area contributed by atoms with Crippen molar-refractivity contribution in [2.45, 2.75) is 19.0 Å². The zero-order chi connectivity index (χ0) is 11.1. The first-order valence-electron chi connectivity index (χ1n) is 4.86. The molecule has 82 valence electrons. The summed E-state index contributed by atoms with van der Waals surface area (Å²) in [5.74, 6) is -0.186. The number of nitrogens with two attached hydrogens (primary N) is 1. The fourth-order valence-corrected chi connectivity index (χ4v) is 1.45. The van der Waals surface area contributed by atoms with Crippen molar-refractivity contribution in [1.29, 1.82) is 0 Å². The van der Waals surface area contributed by atoms with Crippen LogP contribution in [0.25, 0.3) is 0 Å². The molecule has 1 aliphatic rings. The van der Waals surface area contributed by atoms with Gasteiger partial charge < -0.3 is 10.5 Å². The minimum atomic E-state index is -1.10. The van der Waals surface area contributed by atoms with Crippen molar-refractivity contribution in [2.24, 2.45) is 5.92 Å². The number of halogens is 2. The second kappa shape index (κ2) is 3.36. The molecule has 2 atom stereocenters. The van der Waals surface area contributed by atoms with Gasteiger partial charge in [0.25, 0.3) is 0 Å². The molecule has 1 aromatic rings. The third-order valence-electron chi connectivity index (χ3n) is 2.76. The number of hydrogen-bond acceptors (Lipinski definition) is 2. The number of anilines is 1. The van der Waals surface area contributed by atoms with Crippen LogP contribution >= 0.6 is 0 Å². The van der Waals surface area contributed by atoms with Gasteiger partial charge in [0.1, 0.15) is 17.2 Å². The Labute approximate surface area is 87.0 Å². The number of ether oxygens (including phenoxy) is 1. The minimum Gasteiger partial charge on any atom is -0.493 e. The lowest BCUT2D eigenvalue weighted by Gasteiger charge is -2.06. The van der Waals surface area contributed by atoms with Gasteiger partial charge in [-0.05, 0) is 25.5 Å². The lowest BCUT2D eigenvalue weighted by Crippen LogP contribution is -2.06. The molecule has 1 aromatic carbocycles. The second-order valence-electron chi connectivity index (χ2n) is 4.17. The number of benzene rings is 1. The van der Waals surface area contributed by atoms with Crippen molar-refractivity contribution in [3.8, 4) is 5.75 Å². The molecule has 15 heavy (non-hydrogen) atoms. The van der Waals surface area contributed by atoms with E-state index in [0.29, 0.717) is 12.2 Å². The van der Waals surface area contributed by atoms with Crippen molar-refractivity contribution in [1.82, 2.24) is 0 Å². The average Bonchev–Trinajstić information content (AvgIpc) is 2.77. The number of rotatable bonds is 3. The summed E-state index contributed by atoms with van der Waals surface area (Å²) in [6.45, 7) is 1.83. The van der Waals surface area contributed by atoms with Gasteiger partial charge in [-0.15, -0.1) is 0 Å². The monoisotopic (exact) mass is 213 g/mol. The highest BCUT2D eigenvalue weighted by Gasteiger charge is 2.51. The van der Waals surface area contributed by atoms with Gasteiger partial charge in [0, 0.05) is 12.0 Å². The first kappa shape index (κ1) is 10.2. The molecule has 0 bridgehead atoms. The molecular formula is C11H13F2NO. The molecule has 1 fully saturated rings. The molecular weight excluding hydrogens is 200 g/mol. The van der Waals surface area contributed by atoms with E-state index < -0.39 is 11.5 Å². The van der Waals surface area contributed by atoms with Gasteiger partial charge in [-0.3, -0.25) is 0 Å². The van der Waals surface area contributed by atoms with Crippen LogP contribution in [-0.2, 0) is 0 Å². The third-order valence-corrected chi connectivity index (χ3v) is 2.76. The van der Waals surface area contributed by atoms with Crippen LogP contribution < -0.4 is 10.5 Å². The maximum Gasteiger partial charge on any atom is 0.149 e. The predicted molar refractivity (Wildman–Crippen MR) is 53.9 cm³/mol. The number of nitrogen functional groups attached to an aromatic ring is 1.